The fraction of sp³-hybridized carbons (Fsp3) is 0.133. The van der Waals surface area contributed by atoms with Gasteiger partial charge >= 0.3 is 5.97 Å². The largest absolute Gasteiger partial charge is 0.505 e. The van der Waals surface area contributed by atoms with E-state index in [2.05, 4.69) is 0 Å². The van der Waals surface area contributed by atoms with Gasteiger partial charge in [0.25, 0.3) is 0 Å². The van der Waals surface area contributed by atoms with Crippen LogP contribution in [0.5, 0.6) is 5.75 Å². The highest BCUT2D eigenvalue weighted by atomic mass is 35.5. The number of hydrogen-bond donors (Lipinski definition) is 2. The highest BCUT2D eigenvalue weighted by Crippen LogP contribution is 2.36. The number of hydrogen-bond acceptors (Lipinski definition) is 2. The number of carboxylic acid groups (broad SMARTS) is 1. The van der Waals surface area contributed by atoms with Gasteiger partial charge in [-0.15, -0.1) is 0 Å². The summed E-state index contributed by atoms with van der Waals surface area (Å²) in [6, 6.07) is 10.3. The highest BCUT2D eigenvalue weighted by molar-refractivity contribution is 6.32. The second-order valence-electron chi connectivity index (χ2n) is 4.45. The molecule has 0 aliphatic carbocycles. The Morgan fingerprint density at radius 2 is 1.80 bits per heavy atom. The number of carbonyl (C=O) groups is 1. The van der Waals surface area contributed by atoms with Gasteiger partial charge in [0.2, 0.25) is 0 Å². The Bertz CT molecular complexity index is 668. The van der Waals surface area contributed by atoms with Crippen LogP contribution in [0.3, 0.4) is 0 Å². The van der Waals surface area contributed by atoms with Gasteiger partial charge in [0, 0.05) is 10.9 Å². The summed E-state index contributed by atoms with van der Waals surface area (Å²) in [7, 11) is 0. The molecule has 0 spiro atoms. The van der Waals surface area contributed by atoms with Gasteiger partial charge in [-0.1, -0.05) is 48.3 Å². The number of aromatic carboxylic acids is 1. The predicted octanol–water partition coefficient (Wildman–Crippen LogP) is 4.55. The first-order valence-electron chi connectivity index (χ1n) is 5.92. The van der Waals surface area contributed by atoms with Gasteiger partial charge in [-0.05, 0) is 29.3 Å². The maximum atomic E-state index is 11.1. The minimum absolute atomic E-state index is 0.0128. The van der Waals surface area contributed by atoms with Crippen molar-refractivity contribution in [3.63, 3.8) is 0 Å². The van der Waals surface area contributed by atoms with E-state index in [9.17, 15) is 9.90 Å². The zero-order chi connectivity index (χ0) is 14.9. The molecule has 0 amide bonds. The maximum absolute atomic E-state index is 11.1. The van der Waals surface area contributed by atoms with Crippen molar-refractivity contribution in [2.45, 2.75) is 12.8 Å². The standard InChI is InChI=1S/C15H12Cl2O3/c1-8(10-4-2-3-5-12(10)16)9-6-11(15(19)20)14(18)13(17)7-9/h2-8,18H,1H3,(H,19,20). The molecular formula is C15H12Cl2O3. The second kappa shape index (κ2) is 5.73. The Labute approximate surface area is 126 Å². The van der Waals surface area contributed by atoms with Crippen molar-refractivity contribution >= 4 is 29.2 Å². The third-order valence-electron chi connectivity index (χ3n) is 3.19. The van der Waals surface area contributed by atoms with Crippen molar-refractivity contribution in [1.29, 1.82) is 0 Å². The van der Waals surface area contributed by atoms with Crippen LogP contribution in [0.25, 0.3) is 0 Å². The summed E-state index contributed by atoms with van der Waals surface area (Å²) in [5, 5.41) is 19.3. The van der Waals surface area contributed by atoms with Crippen molar-refractivity contribution in [3.05, 3.63) is 63.1 Å². The van der Waals surface area contributed by atoms with Gasteiger partial charge in [-0.3, -0.25) is 0 Å². The molecule has 0 aliphatic heterocycles. The van der Waals surface area contributed by atoms with E-state index in [0.717, 1.165) is 5.56 Å². The molecule has 5 heteroatoms. The van der Waals surface area contributed by atoms with Gasteiger partial charge in [0.1, 0.15) is 11.3 Å². The third-order valence-corrected chi connectivity index (χ3v) is 3.82. The Morgan fingerprint density at radius 3 is 2.40 bits per heavy atom. The molecular weight excluding hydrogens is 299 g/mol. The molecule has 1 unspecified atom stereocenters. The molecule has 0 saturated heterocycles. The van der Waals surface area contributed by atoms with E-state index in [0.29, 0.717) is 10.6 Å². The minimum atomic E-state index is -1.22. The van der Waals surface area contributed by atoms with Crippen LogP contribution < -0.4 is 0 Å². The van der Waals surface area contributed by atoms with Gasteiger partial charge in [-0.25, -0.2) is 4.79 Å². The van der Waals surface area contributed by atoms with Crippen molar-refractivity contribution in [2.75, 3.05) is 0 Å². The molecule has 0 heterocycles. The van der Waals surface area contributed by atoms with Crippen molar-refractivity contribution in [1.82, 2.24) is 0 Å². The average molecular weight is 311 g/mol. The topological polar surface area (TPSA) is 57.5 Å². The van der Waals surface area contributed by atoms with Crippen LogP contribution in [-0.2, 0) is 0 Å². The zero-order valence-electron chi connectivity index (χ0n) is 10.6. The normalized spacial score (nSPS) is 12.2. The molecule has 0 aliphatic rings. The summed E-state index contributed by atoms with van der Waals surface area (Å²) in [5.74, 6) is -1.79. The van der Waals surface area contributed by atoms with Crippen LogP contribution in [0.4, 0.5) is 0 Å². The lowest BCUT2D eigenvalue weighted by Gasteiger charge is -2.16. The number of rotatable bonds is 3. The molecule has 0 fully saturated rings. The lowest BCUT2D eigenvalue weighted by atomic mass is 9.91. The minimum Gasteiger partial charge on any atom is -0.505 e. The summed E-state index contributed by atoms with van der Waals surface area (Å²) in [6.07, 6.45) is 0. The van der Waals surface area contributed by atoms with Crippen LogP contribution in [0.1, 0.15) is 34.3 Å². The molecule has 2 N–H and O–H groups in total. The van der Waals surface area contributed by atoms with Gasteiger partial charge < -0.3 is 10.2 Å². The SMILES string of the molecule is CC(c1cc(Cl)c(O)c(C(=O)O)c1)c1ccccc1Cl. The second-order valence-corrected chi connectivity index (χ2v) is 5.26. The molecule has 3 nitrogen and oxygen atoms in total. The molecule has 2 aromatic carbocycles. The van der Waals surface area contributed by atoms with Crippen LogP contribution in [0.2, 0.25) is 10.0 Å². The number of aromatic hydroxyl groups is 1. The smallest absolute Gasteiger partial charge is 0.339 e. The Hall–Kier alpha value is -1.71. The number of carboxylic acids is 1. The molecule has 0 aromatic heterocycles. The van der Waals surface area contributed by atoms with E-state index in [1.807, 2.05) is 25.1 Å². The molecule has 0 saturated carbocycles. The first-order chi connectivity index (χ1) is 9.41. The van der Waals surface area contributed by atoms with Gasteiger partial charge in [-0.2, -0.15) is 0 Å². The molecule has 1 atom stereocenters. The first-order valence-corrected chi connectivity index (χ1v) is 6.67. The fourth-order valence-electron chi connectivity index (χ4n) is 2.04. The van der Waals surface area contributed by atoms with Gasteiger partial charge in [0.15, 0.2) is 0 Å². The Balaban J connectivity index is 2.53. The van der Waals surface area contributed by atoms with E-state index in [1.54, 1.807) is 12.1 Å². The van der Waals surface area contributed by atoms with Crippen molar-refractivity contribution in [3.8, 4) is 5.75 Å². The van der Waals surface area contributed by atoms with Gasteiger partial charge in [0.05, 0.1) is 5.02 Å². The highest BCUT2D eigenvalue weighted by Gasteiger charge is 2.19. The van der Waals surface area contributed by atoms with Crippen LogP contribution >= 0.6 is 23.2 Å². The molecule has 104 valence electrons. The van der Waals surface area contributed by atoms with Crippen LogP contribution in [0.15, 0.2) is 36.4 Å². The van der Waals surface area contributed by atoms with E-state index in [1.165, 1.54) is 6.07 Å². The fourth-order valence-corrected chi connectivity index (χ4v) is 2.57. The summed E-state index contributed by atoms with van der Waals surface area (Å²) >= 11 is 12.0. The lowest BCUT2D eigenvalue weighted by Crippen LogP contribution is -2.02. The summed E-state index contributed by atoms with van der Waals surface area (Å²) in [6.45, 7) is 1.90. The Kier molecular flexibility index (Phi) is 4.21. The summed E-state index contributed by atoms with van der Waals surface area (Å²) in [4.78, 5) is 11.1. The van der Waals surface area contributed by atoms with Crippen LogP contribution in [0, 0.1) is 0 Å². The third kappa shape index (κ3) is 2.74. The van der Waals surface area contributed by atoms with E-state index >= 15 is 0 Å². The summed E-state index contributed by atoms with van der Waals surface area (Å²) < 4.78 is 0. The number of halogens is 2. The molecule has 0 bridgehead atoms. The molecule has 2 aromatic rings. The Morgan fingerprint density at radius 1 is 1.15 bits per heavy atom. The first kappa shape index (κ1) is 14.7. The maximum Gasteiger partial charge on any atom is 0.339 e. The zero-order valence-corrected chi connectivity index (χ0v) is 12.1. The van der Waals surface area contributed by atoms with Crippen molar-refractivity contribution in [2.24, 2.45) is 0 Å². The number of phenols is 1. The van der Waals surface area contributed by atoms with E-state index in [4.69, 9.17) is 28.3 Å². The molecule has 20 heavy (non-hydrogen) atoms. The lowest BCUT2D eigenvalue weighted by molar-refractivity contribution is 0.0693. The number of benzene rings is 2. The van der Waals surface area contributed by atoms with Crippen LogP contribution in [-0.4, -0.2) is 16.2 Å². The average Bonchev–Trinajstić information content (AvgIpc) is 2.41. The summed E-state index contributed by atoms with van der Waals surface area (Å²) in [5.41, 5.74) is 1.33. The molecule has 0 radical (unpaired) electrons. The predicted molar refractivity (Wildman–Crippen MR) is 79.0 cm³/mol. The van der Waals surface area contributed by atoms with Crippen molar-refractivity contribution < 1.29 is 15.0 Å². The molecule has 2 rings (SSSR count). The van der Waals surface area contributed by atoms with E-state index < -0.39 is 11.7 Å². The monoisotopic (exact) mass is 310 g/mol. The van der Waals surface area contributed by atoms with E-state index in [-0.39, 0.29) is 16.5 Å². The quantitative estimate of drug-likeness (QED) is 0.874.